The van der Waals surface area contributed by atoms with Gasteiger partial charge in [-0.15, -0.1) is 0 Å². The average Bonchev–Trinajstić information content (AvgIpc) is 2.80. The Morgan fingerprint density at radius 3 is 1.97 bits per heavy atom. The van der Waals surface area contributed by atoms with Crippen molar-refractivity contribution in [3.05, 3.63) is 0 Å². The van der Waals surface area contributed by atoms with E-state index in [4.69, 9.17) is 9.47 Å². The van der Waals surface area contributed by atoms with E-state index in [0.29, 0.717) is 6.61 Å². The van der Waals surface area contributed by atoms with Gasteiger partial charge in [0.1, 0.15) is 5.60 Å². The van der Waals surface area contributed by atoms with Crippen LogP contribution in [0.15, 0.2) is 0 Å². The molecule has 0 N–H and O–H groups in total. The molecule has 3 rings (SSSR count). The van der Waals surface area contributed by atoms with Crippen LogP contribution in [-0.4, -0.2) is 18.4 Å². The average molecular weight is 449 g/mol. The molecule has 3 nitrogen and oxygen atoms in total. The molecule has 0 atom stereocenters. The maximum Gasteiger partial charge on any atom is 0.508 e. The zero-order valence-corrected chi connectivity index (χ0v) is 21.5. The highest BCUT2D eigenvalue weighted by Gasteiger charge is 2.41. The Bertz CT molecular complexity index is 521. The largest absolute Gasteiger partial charge is 0.508 e. The summed E-state index contributed by atoms with van der Waals surface area (Å²) in [7, 11) is 0. The molecule has 0 aliphatic heterocycles. The van der Waals surface area contributed by atoms with Crippen LogP contribution in [0.2, 0.25) is 0 Å². The summed E-state index contributed by atoms with van der Waals surface area (Å²) in [5, 5.41) is 0. The highest BCUT2D eigenvalue weighted by molar-refractivity contribution is 5.60. The maximum atomic E-state index is 12.3. The van der Waals surface area contributed by atoms with Crippen LogP contribution in [0.4, 0.5) is 4.79 Å². The van der Waals surface area contributed by atoms with Crippen LogP contribution in [0.3, 0.4) is 0 Å². The molecule has 3 aliphatic carbocycles. The SMILES string of the molecule is CCCCCC1CCC(CCC2(OC(=O)OCC)CCC(C3CCC(C)CC3)CC2)CC1. The minimum Gasteiger partial charge on any atom is -0.435 e. The van der Waals surface area contributed by atoms with Crippen LogP contribution < -0.4 is 0 Å². The lowest BCUT2D eigenvalue weighted by atomic mass is 9.67. The first kappa shape index (κ1) is 25.9. The third kappa shape index (κ3) is 7.94. The molecule has 32 heavy (non-hydrogen) atoms. The lowest BCUT2D eigenvalue weighted by molar-refractivity contribution is -0.0739. The number of carbonyl (C=O) groups excluding carboxylic acids is 1. The van der Waals surface area contributed by atoms with Crippen LogP contribution in [0.5, 0.6) is 0 Å². The van der Waals surface area contributed by atoms with Gasteiger partial charge in [0, 0.05) is 0 Å². The van der Waals surface area contributed by atoms with E-state index in [0.717, 1.165) is 48.9 Å². The number of hydrogen-bond acceptors (Lipinski definition) is 3. The fourth-order valence-electron chi connectivity index (χ4n) is 7.08. The van der Waals surface area contributed by atoms with E-state index in [9.17, 15) is 4.79 Å². The smallest absolute Gasteiger partial charge is 0.435 e. The van der Waals surface area contributed by atoms with Gasteiger partial charge in [-0.1, -0.05) is 78.1 Å². The third-order valence-electron chi connectivity index (χ3n) is 9.42. The number of hydrogen-bond donors (Lipinski definition) is 0. The lowest BCUT2D eigenvalue weighted by Crippen LogP contribution is -2.41. The van der Waals surface area contributed by atoms with Crippen molar-refractivity contribution >= 4 is 6.16 Å². The predicted octanol–water partition coefficient (Wildman–Crippen LogP) is 9.08. The van der Waals surface area contributed by atoms with Gasteiger partial charge in [-0.3, -0.25) is 0 Å². The normalized spacial score (nSPS) is 35.9. The van der Waals surface area contributed by atoms with Crippen LogP contribution in [0.25, 0.3) is 0 Å². The van der Waals surface area contributed by atoms with Crippen LogP contribution >= 0.6 is 0 Å². The van der Waals surface area contributed by atoms with Crippen molar-refractivity contribution in [2.75, 3.05) is 6.61 Å². The molecular weight excluding hydrogens is 396 g/mol. The van der Waals surface area contributed by atoms with Gasteiger partial charge in [0.25, 0.3) is 0 Å². The molecule has 0 amide bonds. The van der Waals surface area contributed by atoms with E-state index in [2.05, 4.69) is 13.8 Å². The number of carbonyl (C=O) groups is 1. The quantitative estimate of drug-likeness (QED) is 0.247. The van der Waals surface area contributed by atoms with E-state index >= 15 is 0 Å². The number of rotatable bonds is 10. The Morgan fingerprint density at radius 1 is 0.781 bits per heavy atom. The Balaban J connectivity index is 1.47. The number of unbranched alkanes of at least 4 members (excludes halogenated alkanes) is 2. The minimum absolute atomic E-state index is 0.261. The molecule has 3 saturated carbocycles. The van der Waals surface area contributed by atoms with Gasteiger partial charge in [0.2, 0.25) is 0 Å². The molecule has 3 fully saturated rings. The van der Waals surface area contributed by atoms with E-state index in [1.54, 1.807) is 0 Å². The Morgan fingerprint density at radius 2 is 1.38 bits per heavy atom. The summed E-state index contributed by atoms with van der Waals surface area (Å²) in [6, 6.07) is 0. The summed E-state index contributed by atoms with van der Waals surface area (Å²) >= 11 is 0. The number of ether oxygens (including phenoxy) is 2. The van der Waals surface area contributed by atoms with Gasteiger partial charge in [0.15, 0.2) is 0 Å². The first-order chi connectivity index (χ1) is 15.5. The molecule has 0 heterocycles. The van der Waals surface area contributed by atoms with E-state index < -0.39 is 6.16 Å². The van der Waals surface area contributed by atoms with Gasteiger partial charge < -0.3 is 9.47 Å². The molecule has 3 heteroatoms. The predicted molar refractivity (Wildman–Crippen MR) is 133 cm³/mol. The second kappa shape index (κ2) is 13.2. The zero-order chi connectivity index (χ0) is 22.8. The van der Waals surface area contributed by atoms with Crippen molar-refractivity contribution in [1.82, 2.24) is 0 Å². The van der Waals surface area contributed by atoms with Crippen LogP contribution in [0, 0.1) is 29.6 Å². The Labute approximate surface area is 198 Å². The van der Waals surface area contributed by atoms with Gasteiger partial charge in [-0.2, -0.15) is 0 Å². The summed E-state index contributed by atoms with van der Waals surface area (Å²) in [5.41, 5.74) is -0.261. The van der Waals surface area contributed by atoms with Gasteiger partial charge in [0.05, 0.1) is 6.61 Å². The topological polar surface area (TPSA) is 35.5 Å². The van der Waals surface area contributed by atoms with Crippen molar-refractivity contribution < 1.29 is 14.3 Å². The zero-order valence-electron chi connectivity index (χ0n) is 21.5. The fourth-order valence-corrected chi connectivity index (χ4v) is 7.08. The molecule has 0 aromatic carbocycles. The monoisotopic (exact) mass is 448 g/mol. The van der Waals surface area contributed by atoms with Crippen molar-refractivity contribution in [1.29, 1.82) is 0 Å². The van der Waals surface area contributed by atoms with Crippen molar-refractivity contribution in [3.8, 4) is 0 Å². The van der Waals surface area contributed by atoms with Crippen LogP contribution in [0.1, 0.15) is 136 Å². The molecule has 0 aromatic rings. The Hall–Kier alpha value is -0.730. The van der Waals surface area contributed by atoms with Crippen molar-refractivity contribution in [2.45, 2.75) is 142 Å². The minimum atomic E-state index is -0.433. The van der Waals surface area contributed by atoms with Crippen LogP contribution in [-0.2, 0) is 9.47 Å². The summed E-state index contributed by atoms with van der Waals surface area (Å²) < 4.78 is 11.3. The Kier molecular flexibility index (Phi) is 10.7. The second-order valence-electron chi connectivity index (χ2n) is 11.7. The second-order valence-corrected chi connectivity index (χ2v) is 11.7. The molecule has 186 valence electrons. The third-order valence-corrected chi connectivity index (χ3v) is 9.42. The fraction of sp³-hybridized carbons (Fsp3) is 0.966. The van der Waals surface area contributed by atoms with Gasteiger partial charge in [-0.25, -0.2) is 4.79 Å². The maximum absolute atomic E-state index is 12.3. The summed E-state index contributed by atoms with van der Waals surface area (Å²) in [4.78, 5) is 12.3. The van der Waals surface area contributed by atoms with E-state index in [1.807, 2.05) is 6.92 Å². The summed E-state index contributed by atoms with van der Waals surface area (Å²) in [6.07, 6.45) is 23.3. The highest BCUT2D eigenvalue weighted by atomic mass is 16.7. The lowest BCUT2D eigenvalue weighted by Gasteiger charge is -2.43. The van der Waals surface area contributed by atoms with Crippen molar-refractivity contribution in [3.63, 3.8) is 0 Å². The standard InChI is InChI=1S/C29H52O3/c1-4-6-7-8-24-11-13-25(14-12-24)17-20-29(32-28(30)31-5-2)21-18-27(19-22-29)26-15-9-23(3)10-16-26/h23-27H,4-22H2,1-3H3. The molecule has 0 aromatic heterocycles. The molecular formula is C29H52O3. The highest BCUT2D eigenvalue weighted by Crippen LogP contribution is 2.46. The first-order valence-electron chi connectivity index (χ1n) is 14.4. The molecule has 0 unspecified atom stereocenters. The molecule has 0 bridgehead atoms. The summed E-state index contributed by atoms with van der Waals surface area (Å²) in [5.74, 6) is 4.48. The summed E-state index contributed by atoms with van der Waals surface area (Å²) in [6.45, 7) is 6.98. The van der Waals surface area contributed by atoms with Gasteiger partial charge in [-0.05, 0) is 87.9 Å². The molecule has 0 saturated heterocycles. The first-order valence-corrected chi connectivity index (χ1v) is 14.4. The molecule has 0 spiro atoms. The molecule has 3 aliphatic rings. The molecule has 0 radical (unpaired) electrons. The van der Waals surface area contributed by atoms with E-state index in [1.165, 1.54) is 96.3 Å². The van der Waals surface area contributed by atoms with Gasteiger partial charge >= 0.3 is 6.16 Å². The van der Waals surface area contributed by atoms with E-state index in [-0.39, 0.29) is 5.60 Å². The van der Waals surface area contributed by atoms with Crippen molar-refractivity contribution in [2.24, 2.45) is 29.6 Å².